The highest BCUT2D eigenvalue weighted by Crippen LogP contribution is 2.17. The summed E-state index contributed by atoms with van der Waals surface area (Å²) in [5.74, 6) is -2.08. The van der Waals surface area contributed by atoms with E-state index in [1.807, 2.05) is 0 Å². The highest BCUT2D eigenvalue weighted by Gasteiger charge is 2.11. The number of hydrogen-bond donors (Lipinski definition) is 3. The van der Waals surface area contributed by atoms with E-state index in [4.69, 9.17) is 5.11 Å². The van der Waals surface area contributed by atoms with Gasteiger partial charge in [0.1, 0.15) is 5.82 Å². The quantitative estimate of drug-likeness (QED) is 0.564. The van der Waals surface area contributed by atoms with Crippen LogP contribution in [0.25, 0.3) is 0 Å². The molecular weight excluding hydrogens is 371 g/mol. The van der Waals surface area contributed by atoms with Crippen molar-refractivity contribution in [1.29, 1.82) is 0 Å². The summed E-state index contributed by atoms with van der Waals surface area (Å²) in [5.41, 5.74) is 0.166. The third kappa shape index (κ3) is 7.73. The van der Waals surface area contributed by atoms with Crippen molar-refractivity contribution in [2.24, 2.45) is 0 Å². The summed E-state index contributed by atoms with van der Waals surface area (Å²) in [4.78, 5) is 33.7. The molecule has 6 nitrogen and oxygen atoms in total. The Kier molecular flexibility index (Phi) is 8.25. The number of carbonyl (C=O) groups is 3. The minimum Gasteiger partial charge on any atom is -0.481 e. The van der Waals surface area contributed by atoms with Gasteiger partial charge in [-0.1, -0.05) is 0 Å². The highest BCUT2D eigenvalue weighted by atomic mass is 79.9. The number of aliphatic carboxylic acids is 1. The molecule has 0 aliphatic carbocycles. The maximum absolute atomic E-state index is 13.1. The molecule has 0 heterocycles. The van der Waals surface area contributed by atoms with E-state index in [-0.39, 0.29) is 30.9 Å². The van der Waals surface area contributed by atoms with Crippen molar-refractivity contribution in [1.82, 2.24) is 10.6 Å². The second kappa shape index (κ2) is 9.94. The number of carboxylic acids is 1. The molecule has 126 valence electrons. The zero-order valence-electron chi connectivity index (χ0n) is 12.4. The van der Waals surface area contributed by atoms with Crippen LogP contribution in [-0.2, 0) is 9.59 Å². The number of carboxylic acid groups (broad SMARTS) is 1. The first kappa shape index (κ1) is 19.1. The van der Waals surface area contributed by atoms with Crippen LogP contribution in [0.5, 0.6) is 0 Å². The largest absolute Gasteiger partial charge is 0.481 e. The van der Waals surface area contributed by atoms with E-state index >= 15 is 0 Å². The van der Waals surface area contributed by atoms with Crippen LogP contribution in [0.3, 0.4) is 0 Å². The van der Waals surface area contributed by atoms with Gasteiger partial charge >= 0.3 is 5.97 Å². The minimum atomic E-state index is -0.859. The first-order valence-electron chi connectivity index (χ1n) is 7.12. The Morgan fingerprint density at radius 2 is 1.83 bits per heavy atom. The van der Waals surface area contributed by atoms with E-state index in [2.05, 4.69) is 26.6 Å². The molecule has 0 spiro atoms. The number of unbranched alkanes of at least 4 members (excludes halogenated alkanes) is 1. The van der Waals surface area contributed by atoms with Gasteiger partial charge in [0, 0.05) is 30.4 Å². The normalized spacial score (nSPS) is 10.2. The van der Waals surface area contributed by atoms with Crippen LogP contribution in [0.2, 0.25) is 0 Å². The fraction of sp³-hybridized carbons (Fsp3) is 0.400. The van der Waals surface area contributed by atoms with Gasteiger partial charge in [0.2, 0.25) is 5.91 Å². The molecule has 0 atom stereocenters. The van der Waals surface area contributed by atoms with Gasteiger partial charge in [0.05, 0.1) is 5.56 Å². The van der Waals surface area contributed by atoms with Gasteiger partial charge in [-0.3, -0.25) is 14.4 Å². The van der Waals surface area contributed by atoms with Crippen molar-refractivity contribution in [2.45, 2.75) is 25.7 Å². The molecule has 1 aromatic rings. The average molecular weight is 389 g/mol. The fourth-order valence-electron chi connectivity index (χ4n) is 1.77. The van der Waals surface area contributed by atoms with Crippen molar-refractivity contribution < 1.29 is 23.9 Å². The van der Waals surface area contributed by atoms with Gasteiger partial charge in [-0.05, 0) is 47.0 Å². The summed E-state index contributed by atoms with van der Waals surface area (Å²) in [5, 5.41) is 13.6. The van der Waals surface area contributed by atoms with E-state index in [1.165, 1.54) is 12.1 Å². The number of carbonyl (C=O) groups excluding carboxylic acids is 2. The second-order valence-corrected chi connectivity index (χ2v) is 5.69. The van der Waals surface area contributed by atoms with E-state index in [0.29, 0.717) is 23.9 Å². The highest BCUT2D eigenvalue weighted by molar-refractivity contribution is 9.10. The molecule has 0 aliphatic rings. The predicted molar refractivity (Wildman–Crippen MR) is 85.5 cm³/mol. The van der Waals surface area contributed by atoms with E-state index in [0.717, 1.165) is 6.07 Å². The maximum Gasteiger partial charge on any atom is 0.303 e. The monoisotopic (exact) mass is 388 g/mol. The standard InChI is InChI=1S/C15H18BrFN2O4/c16-12-5-4-10(17)9-11(12)15(23)19-8-6-13(20)18-7-2-1-3-14(21)22/h4-5,9H,1-3,6-8H2,(H,18,20)(H,19,23)(H,21,22). The van der Waals surface area contributed by atoms with Crippen molar-refractivity contribution in [3.63, 3.8) is 0 Å². The van der Waals surface area contributed by atoms with Gasteiger partial charge in [-0.25, -0.2) is 4.39 Å². The van der Waals surface area contributed by atoms with Gasteiger partial charge in [0.15, 0.2) is 0 Å². The molecule has 0 aliphatic heterocycles. The van der Waals surface area contributed by atoms with Crippen molar-refractivity contribution in [2.75, 3.05) is 13.1 Å². The van der Waals surface area contributed by atoms with E-state index < -0.39 is 17.7 Å². The van der Waals surface area contributed by atoms with Crippen molar-refractivity contribution in [3.05, 3.63) is 34.1 Å². The SMILES string of the molecule is O=C(O)CCCCNC(=O)CCNC(=O)c1cc(F)ccc1Br. The summed E-state index contributed by atoms with van der Waals surface area (Å²) >= 11 is 3.16. The molecular formula is C15H18BrFN2O4. The Morgan fingerprint density at radius 3 is 2.52 bits per heavy atom. The van der Waals surface area contributed by atoms with Gasteiger partial charge in [0.25, 0.3) is 5.91 Å². The Hall–Kier alpha value is -1.96. The number of rotatable bonds is 9. The zero-order chi connectivity index (χ0) is 17.2. The number of amides is 2. The molecule has 0 fully saturated rings. The van der Waals surface area contributed by atoms with Crippen LogP contribution in [0.4, 0.5) is 4.39 Å². The average Bonchev–Trinajstić information content (AvgIpc) is 2.49. The third-order valence-corrected chi connectivity index (χ3v) is 3.64. The topological polar surface area (TPSA) is 95.5 Å². The number of benzene rings is 1. The number of halogens is 2. The lowest BCUT2D eigenvalue weighted by Gasteiger charge is -2.08. The van der Waals surface area contributed by atoms with Gasteiger partial charge in [-0.15, -0.1) is 0 Å². The van der Waals surface area contributed by atoms with Gasteiger partial charge < -0.3 is 15.7 Å². The van der Waals surface area contributed by atoms with E-state index in [1.54, 1.807) is 0 Å². The summed E-state index contributed by atoms with van der Waals surface area (Å²) in [6.07, 6.45) is 1.26. The molecule has 0 saturated carbocycles. The van der Waals surface area contributed by atoms with Crippen LogP contribution in [0.1, 0.15) is 36.0 Å². The molecule has 0 saturated heterocycles. The van der Waals surface area contributed by atoms with Crippen LogP contribution >= 0.6 is 15.9 Å². The molecule has 0 unspecified atom stereocenters. The Labute approximate surface area is 141 Å². The predicted octanol–water partition coefficient (Wildman–Crippen LogP) is 2.08. The molecule has 2 amide bonds. The van der Waals surface area contributed by atoms with Crippen LogP contribution < -0.4 is 10.6 Å². The summed E-state index contributed by atoms with van der Waals surface area (Å²) in [6.45, 7) is 0.526. The maximum atomic E-state index is 13.1. The Balaban J connectivity index is 2.23. The fourth-order valence-corrected chi connectivity index (χ4v) is 2.20. The smallest absolute Gasteiger partial charge is 0.303 e. The lowest BCUT2D eigenvalue weighted by molar-refractivity contribution is -0.137. The van der Waals surface area contributed by atoms with Gasteiger partial charge in [-0.2, -0.15) is 0 Å². The molecule has 1 rings (SSSR count). The molecule has 0 radical (unpaired) electrons. The molecule has 1 aromatic carbocycles. The molecule has 23 heavy (non-hydrogen) atoms. The summed E-state index contributed by atoms with van der Waals surface area (Å²) in [7, 11) is 0. The molecule has 0 bridgehead atoms. The van der Waals surface area contributed by atoms with Crippen LogP contribution in [0, 0.1) is 5.82 Å². The Bertz CT molecular complexity index is 581. The Morgan fingerprint density at radius 1 is 1.09 bits per heavy atom. The van der Waals surface area contributed by atoms with Crippen LogP contribution in [-0.4, -0.2) is 36.0 Å². The molecule has 0 aromatic heterocycles. The third-order valence-electron chi connectivity index (χ3n) is 2.95. The minimum absolute atomic E-state index is 0.0778. The number of hydrogen-bond acceptors (Lipinski definition) is 3. The number of nitrogens with one attached hydrogen (secondary N) is 2. The second-order valence-electron chi connectivity index (χ2n) is 4.83. The van der Waals surface area contributed by atoms with Crippen molar-refractivity contribution >= 4 is 33.7 Å². The zero-order valence-corrected chi connectivity index (χ0v) is 14.0. The molecule has 8 heteroatoms. The lowest BCUT2D eigenvalue weighted by Crippen LogP contribution is -2.31. The summed E-state index contributed by atoms with van der Waals surface area (Å²) in [6, 6.07) is 3.79. The summed E-state index contributed by atoms with van der Waals surface area (Å²) < 4.78 is 13.6. The van der Waals surface area contributed by atoms with E-state index in [9.17, 15) is 18.8 Å². The van der Waals surface area contributed by atoms with Crippen LogP contribution in [0.15, 0.2) is 22.7 Å². The first-order valence-corrected chi connectivity index (χ1v) is 7.91. The lowest BCUT2D eigenvalue weighted by atomic mass is 10.2. The first-order chi connectivity index (χ1) is 10.9. The molecule has 3 N–H and O–H groups in total. The van der Waals surface area contributed by atoms with Crippen molar-refractivity contribution in [3.8, 4) is 0 Å².